The smallest absolute Gasteiger partial charge is 0.175 e. The second-order valence-electron chi connectivity index (χ2n) is 4.37. The number of rotatable bonds is 3. The van der Waals surface area contributed by atoms with Crippen LogP contribution in [0.3, 0.4) is 0 Å². The van der Waals surface area contributed by atoms with Crippen molar-refractivity contribution in [3.8, 4) is 11.5 Å². The van der Waals surface area contributed by atoms with Crippen LogP contribution in [0.1, 0.15) is 5.56 Å². The number of nitrogens with two attached hydrogens (primary N) is 1. The second kappa shape index (κ2) is 4.93. The average Bonchev–Trinajstić information content (AvgIpc) is 2.32. The largest absolute Gasteiger partial charge is 0.457 e. The molecule has 2 N–H and O–H groups in total. The Labute approximate surface area is 112 Å². The zero-order chi connectivity index (χ0) is 14.0. The fraction of sp³-hybridized carbons (Fsp3) is 0.143. The molecule has 0 aliphatic carbocycles. The number of benzene rings is 2. The Hall–Kier alpha value is -2.01. The molecule has 2 aromatic carbocycles. The summed E-state index contributed by atoms with van der Waals surface area (Å²) in [5, 5.41) is 0. The highest BCUT2D eigenvalue weighted by molar-refractivity contribution is 7.90. The van der Waals surface area contributed by atoms with E-state index in [-0.39, 0.29) is 4.90 Å². The maximum Gasteiger partial charge on any atom is 0.175 e. The summed E-state index contributed by atoms with van der Waals surface area (Å²) in [4.78, 5) is 0.272. The fourth-order valence-electron chi connectivity index (χ4n) is 1.67. The molecule has 0 atom stereocenters. The number of nitrogen functional groups attached to an aromatic ring is 1. The highest BCUT2D eigenvalue weighted by Gasteiger charge is 2.07. The van der Waals surface area contributed by atoms with Crippen LogP contribution in [0.25, 0.3) is 0 Å². The van der Waals surface area contributed by atoms with E-state index in [1.54, 1.807) is 24.3 Å². The standard InChI is InChI=1S/C14H15NO3S/c1-10-9-11(15)3-8-14(10)18-12-4-6-13(7-5-12)19(2,16)17/h3-9H,15H2,1-2H3. The minimum Gasteiger partial charge on any atom is -0.457 e. The maximum atomic E-state index is 11.3. The van der Waals surface area contributed by atoms with Crippen molar-refractivity contribution in [1.29, 1.82) is 0 Å². The van der Waals surface area contributed by atoms with Crippen LogP contribution in [-0.4, -0.2) is 14.7 Å². The summed E-state index contributed by atoms with van der Waals surface area (Å²) < 4.78 is 28.4. The van der Waals surface area contributed by atoms with Crippen molar-refractivity contribution in [2.75, 3.05) is 12.0 Å². The summed E-state index contributed by atoms with van der Waals surface area (Å²) in [5.74, 6) is 1.28. The lowest BCUT2D eigenvalue weighted by Crippen LogP contribution is -1.96. The van der Waals surface area contributed by atoms with E-state index >= 15 is 0 Å². The van der Waals surface area contributed by atoms with Crippen molar-refractivity contribution in [2.24, 2.45) is 0 Å². The van der Waals surface area contributed by atoms with Crippen molar-refractivity contribution in [1.82, 2.24) is 0 Å². The Balaban J connectivity index is 2.25. The van der Waals surface area contributed by atoms with Crippen molar-refractivity contribution >= 4 is 15.5 Å². The van der Waals surface area contributed by atoms with Gasteiger partial charge in [0.2, 0.25) is 0 Å². The summed E-state index contributed by atoms with van der Waals surface area (Å²) >= 11 is 0. The minimum absolute atomic E-state index is 0.272. The number of ether oxygens (including phenoxy) is 1. The summed E-state index contributed by atoms with van der Waals surface area (Å²) in [6.07, 6.45) is 1.17. The molecule has 2 rings (SSSR count). The third-order valence-electron chi connectivity index (χ3n) is 2.68. The number of sulfone groups is 1. The van der Waals surface area contributed by atoms with Gasteiger partial charge in [0.25, 0.3) is 0 Å². The van der Waals surface area contributed by atoms with E-state index in [1.165, 1.54) is 18.4 Å². The molecule has 0 aliphatic rings. The van der Waals surface area contributed by atoms with Gasteiger partial charge >= 0.3 is 0 Å². The van der Waals surface area contributed by atoms with Gasteiger partial charge < -0.3 is 10.5 Å². The van der Waals surface area contributed by atoms with Gasteiger partial charge in [-0.1, -0.05) is 0 Å². The summed E-state index contributed by atoms with van der Waals surface area (Å²) in [7, 11) is -3.18. The van der Waals surface area contributed by atoms with Crippen LogP contribution in [0.2, 0.25) is 0 Å². The van der Waals surface area contributed by atoms with Crippen LogP contribution in [-0.2, 0) is 9.84 Å². The quantitative estimate of drug-likeness (QED) is 0.876. The molecule has 0 aliphatic heterocycles. The molecule has 5 heteroatoms. The maximum absolute atomic E-state index is 11.3. The Morgan fingerprint density at radius 3 is 2.21 bits per heavy atom. The highest BCUT2D eigenvalue weighted by Crippen LogP contribution is 2.27. The first-order valence-corrected chi connectivity index (χ1v) is 7.59. The molecular formula is C14H15NO3S. The molecule has 0 aromatic heterocycles. The molecule has 0 amide bonds. The molecule has 0 unspecified atom stereocenters. The zero-order valence-electron chi connectivity index (χ0n) is 10.8. The number of anilines is 1. The van der Waals surface area contributed by atoms with Crippen molar-refractivity contribution in [3.63, 3.8) is 0 Å². The molecule has 19 heavy (non-hydrogen) atoms. The molecule has 2 aromatic rings. The van der Waals surface area contributed by atoms with E-state index in [0.717, 1.165) is 5.56 Å². The lowest BCUT2D eigenvalue weighted by Gasteiger charge is -2.09. The predicted molar refractivity (Wildman–Crippen MR) is 75.2 cm³/mol. The summed E-state index contributed by atoms with van der Waals surface area (Å²) in [5.41, 5.74) is 7.27. The fourth-order valence-corrected chi connectivity index (χ4v) is 2.30. The Morgan fingerprint density at radius 1 is 1.05 bits per heavy atom. The summed E-state index contributed by atoms with van der Waals surface area (Å²) in [6, 6.07) is 11.7. The van der Waals surface area contributed by atoms with Crippen LogP contribution in [0.15, 0.2) is 47.4 Å². The SMILES string of the molecule is Cc1cc(N)ccc1Oc1ccc(S(C)(=O)=O)cc1. The first kappa shape index (κ1) is 13.4. The van der Waals surface area contributed by atoms with Gasteiger partial charge in [-0.3, -0.25) is 0 Å². The lowest BCUT2D eigenvalue weighted by molar-refractivity contribution is 0.478. The van der Waals surface area contributed by atoms with E-state index in [9.17, 15) is 8.42 Å². The van der Waals surface area contributed by atoms with Gasteiger partial charge in [-0.2, -0.15) is 0 Å². The van der Waals surface area contributed by atoms with Gasteiger partial charge in [0.1, 0.15) is 11.5 Å². The van der Waals surface area contributed by atoms with Gasteiger partial charge in [0.15, 0.2) is 9.84 Å². The van der Waals surface area contributed by atoms with Gasteiger partial charge in [0, 0.05) is 11.9 Å². The van der Waals surface area contributed by atoms with Crippen molar-refractivity contribution in [2.45, 2.75) is 11.8 Å². The third-order valence-corrected chi connectivity index (χ3v) is 3.81. The topological polar surface area (TPSA) is 69.4 Å². The lowest BCUT2D eigenvalue weighted by atomic mass is 10.2. The molecular weight excluding hydrogens is 262 g/mol. The zero-order valence-corrected chi connectivity index (χ0v) is 11.6. The predicted octanol–water partition coefficient (Wildman–Crippen LogP) is 2.77. The number of hydrogen-bond acceptors (Lipinski definition) is 4. The monoisotopic (exact) mass is 277 g/mol. The molecule has 0 heterocycles. The van der Waals surface area contributed by atoms with Crippen molar-refractivity contribution < 1.29 is 13.2 Å². The first-order chi connectivity index (χ1) is 8.86. The van der Waals surface area contributed by atoms with Crippen LogP contribution in [0, 0.1) is 6.92 Å². The average molecular weight is 277 g/mol. The van der Waals surface area contributed by atoms with Gasteiger partial charge in [-0.25, -0.2) is 8.42 Å². The Bertz CT molecular complexity index is 691. The Kier molecular flexibility index (Phi) is 3.48. The molecule has 0 bridgehead atoms. The van der Waals surface area contributed by atoms with Gasteiger partial charge in [-0.05, 0) is 55.0 Å². The highest BCUT2D eigenvalue weighted by atomic mass is 32.2. The first-order valence-electron chi connectivity index (χ1n) is 5.70. The molecule has 100 valence electrons. The molecule has 4 nitrogen and oxygen atoms in total. The molecule has 0 spiro atoms. The van der Waals surface area contributed by atoms with Gasteiger partial charge in [-0.15, -0.1) is 0 Å². The van der Waals surface area contributed by atoms with E-state index in [2.05, 4.69) is 0 Å². The van der Waals surface area contributed by atoms with Crippen LogP contribution in [0.4, 0.5) is 5.69 Å². The van der Waals surface area contributed by atoms with Crippen LogP contribution < -0.4 is 10.5 Å². The number of hydrogen-bond donors (Lipinski definition) is 1. The van der Waals surface area contributed by atoms with Crippen LogP contribution >= 0.6 is 0 Å². The normalized spacial score (nSPS) is 11.3. The van der Waals surface area contributed by atoms with E-state index in [4.69, 9.17) is 10.5 Å². The van der Waals surface area contributed by atoms with E-state index < -0.39 is 9.84 Å². The molecule has 0 fully saturated rings. The molecule has 0 saturated carbocycles. The minimum atomic E-state index is -3.18. The summed E-state index contributed by atoms with van der Waals surface area (Å²) in [6.45, 7) is 1.90. The number of aryl methyl sites for hydroxylation is 1. The molecule has 0 radical (unpaired) electrons. The molecule has 0 saturated heterocycles. The second-order valence-corrected chi connectivity index (χ2v) is 6.39. The van der Waals surface area contributed by atoms with E-state index in [1.807, 2.05) is 13.0 Å². The third kappa shape index (κ3) is 3.26. The van der Waals surface area contributed by atoms with Crippen molar-refractivity contribution in [3.05, 3.63) is 48.0 Å². The van der Waals surface area contributed by atoms with Gasteiger partial charge in [0.05, 0.1) is 4.90 Å². The Morgan fingerprint density at radius 2 is 1.68 bits per heavy atom. The van der Waals surface area contributed by atoms with E-state index in [0.29, 0.717) is 17.2 Å². The van der Waals surface area contributed by atoms with Crippen LogP contribution in [0.5, 0.6) is 11.5 Å².